The number of nitrogens with zero attached hydrogens (tertiary/aromatic N) is 5. The van der Waals surface area contributed by atoms with E-state index in [2.05, 4.69) is 27.6 Å². The van der Waals surface area contributed by atoms with Gasteiger partial charge < -0.3 is 10.1 Å². The van der Waals surface area contributed by atoms with E-state index in [1.807, 2.05) is 32.0 Å². The first-order valence-electron chi connectivity index (χ1n) is 15.5. The number of benzene rings is 3. The zero-order valence-corrected chi connectivity index (χ0v) is 27.1. The normalized spacial score (nSPS) is 14.6. The van der Waals surface area contributed by atoms with Crippen molar-refractivity contribution in [3.05, 3.63) is 128 Å². The molecule has 0 bridgehead atoms. The molecule has 2 aromatic heterocycles. The molecule has 250 valence electrons. The number of anilines is 2. The molecule has 0 amide bonds. The number of alkyl halides is 3. The predicted octanol–water partition coefficient (Wildman–Crippen LogP) is 6.15. The maximum Gasteiger partial charge on any atom is 0.416 e. The summed E-state index contributed by atoms with van der Waals surface area (Å²) in [5, 5.41) is 20.8. The zero-order chi connectivity index (χ0) is 35.0. The topological polar surface area (TPSA) is 129 Å². The van der Waals surface area contributed by atoms with Gasteiger partial charge in [0, 0.05) is 29.0 Å². The molecule has 3 heterocycles. The third-order valence-corrected chi connectivity index (χ3v) is 8.83. The Hall–Kier alpha value is -5.74. The summed E-state index contributed by atoms with van der Waals surface area (Å²) < 4.78 is 47.5. The molecular weight excluding hydrogens is 635 g/mol. The Bertz CT molecular complexity index is 2230. The lowest BCUT2D eigenvalue weighted by Gasteiger charge is -2.36. The van der Waals surface area contributed by atoms with Crippen LogP contribution < -0.4 is 15.9 Å². The minimum absolute atomic E-state index is 0.0111. The first kappa shape index (κ1) is 33.2. The molecule has 6 rings (SSSR count). The van der Waals surface area contributed by atoms with Crippen LogP contribution in [0.5, 0.6) is 0 Å². The molecule has 0 aliphatic carbocycles. The zero-order valence-electron chi connectivity index (χ0n) is 27.1. The summed E-state index contributed by atoms with van der Waals surface area (Å²) in [7, 11) is 1.19. The Balaban J connectivity index is 1.39. The number of halogens is 3. The fraction of sp³-hybridized carbons (Fsp3) is 0.250. The van der Waals surface area contributed by atoms with Crippen LogP contribution in [0.3, 0.4) is 0 Å². The van der Waals surface area contributed by atoms with Gasteiger partial charge in [0.2, 0.25) is 5.95 Å². The van der Waals surface area contributed by atoms with Crippen LogP contribution in [0.15, 0.2) is 82.8 Å². The number of ether oxygens (including phenoxy) is 1. The minimum atomic E-state index is -4.63. The van der Waals surface area contributed by atoms with Crippen molar-refractivity contribution in [2.24, 2.45) is 0 Å². The van der Waals surface area contributed by atoms with Gasteiger partial charge in [-0.25, -0.2) is 19.3 Å². The lowest BCUT2D eigenvalue weighted by molar-refractivity contribution is -0.138. The molecule has 3 aromatic carbocycles. The number of aromatic amines is 1. The van der Waals surface area contributed by atoms with Gasteiger partial charge in [-0.1, -0.05) is 24.3 Å². The number of allylic oxidation sites excluding steroid dienone is 1. The Labute approximate surface area is 279 Å². The number of aromatic nitrogens is 4. The van der Waals surface area contributed by atoms with Crippen LogP contribution in [0.25, 0.3) is 10.9 Å². The van der Waals surface area contributed by atoms with E-state index < -0.39 is 29.4 Å². The van der Waals surface area contributed by atoms with Crippen LogP contribution >= 0.6 is 0 Å². The van der Waals surface area contributed by atoms with Crippen molar-refractivity contribution >= 4 is 28.5 Å². The van der Waals surface area contributed by atoms with Crippen molar-refractivity contribution in [2.75, 3.05) is 18.6 Å². The molecule has 1 unspecified atom stereocenters. The van der Waals surface area contributed by atoms with Crippen LogP contribution in [0.2, 0.25) is 0 Å². The number of methoxy groups -OCH3 is 1. The highest BCUT2D eigenvalue weighted by atomic mass is 19.4. The number of nitriles is 1. The molecule has 1 aliphatic heterocycles. The number of hydrogen-bond donors (Lipinski definition) is 2. The molecule has 0 saturated heterocycles. The Morgan fingerprint density at radius 3 is 2.57 bits per heavy atom. The van der Waals surface area contributed by atoms with Gasteiger partial charge in [0.05, 0.1) is 35.4 Å². The molecule has 49 heavy (non-hydrogen) atoms. The first-order valence-corrected chi connectivity index (χ1v) is 15.5. The number of esters is 1. The highest BCUT2D eigenvalue weighted by Crippen LogP contribution is 2.43. The Kier molecular flexibility index (Phi) is 8.83. The number of aryl methyl sites for hydroxylation is 2. The summed E-state index contributed by atoms with van der Waals surface area (Å²) >= 11 is 0. The quantitative estimate of drug-likeness (QED) is 0.149. The van der Waals surface area contributed by atoms with Gasteiger partial charge in [0.1, 0.15) is 6.04 Å². The maximum atomic E-state index is 13.7. The monoisotopic (exact) mass is 667 g/mol. The van der Waals surface area contributed by atoms with Crippen molar-refractivity contribution in [3.8, 4) is 6.07 Å². The molecule has 2 N–H and O–H groups in total. The summed E-state index contributed by atoms with van der Waals surface area (Å²) in [6, 6.07) is 18.7. The molecule has 10 nitrogen and oxygen atoms in total. The smallest absolute Gasteiger partial charge is 0.416 e. The summed E-state index contributed by atoms with van der Waals surface area (Å²) in [6.07, 6.45) is -4.22. The Morgan fingerprint density at radius 1 is 1.06 bits per heavy atom. The molecule has 1 aliphatic rings. The largest absolute Gasteiger partial charge is 0.466 e. The van der Waals surface area contributed by atoms with Gasteiger partial charge in [-0.3, -0.25) is 9.88 Å². The van der Waals surface area contributed by atoms with Gasteiger partial charge >= 0.3 is 17.8 Å². The average molecular weight is 668 g/mol. The predicted molar refractivity (Wildman–Crippen MR) is 177 cm³/mol. The molecule has 1 atom stereocenters. The van der Waals surface area contributed by atoms with E-state index in [-0.39, 0.29) is 22.9 Å². The van der Waals surface area contributed by atoms with Gasteiger partial charge in [0.25, 0.3) is 0 Å². The third kappa shape index (κ3) is 6.18. The standard InChI is InChI=1S/C36H32F3N7O3/c1-20-15-29-25(7-5-10-30(29)42-21(20)2)19-41-14-13-24-16-23(18-40)11-12-28(24)32-31(33(47)49-4)22(3)45(34-43-44-35(48)46(32)34)27-9-6-8-26(17-27)36(37,38)39/h5-12,15-17,32,41H,13-14,19H2,1-4H3,(H,44,48). The minimum Gasteiger partial charge on any atom is -0.466 e. The van der Waals surface area contributed by atoms with Gasteiger partial charge in [-0.05, 0) is 98.5 Å². The SMILES string of the molecule is COC(=O)C1=C(C)N(c2cccc(C(F)(F)F)c2)c2n[nH]c(=O)n2C1c1ccc(C#N)cc1CCNCc1cccc2nc(C)c(C)cc12. The number of carbonyl (C=O) groups is 1. The van der Waals surface area contributed by atoms with Crippen molar-refractivity contribution in [3.63, 3.8) is 0 Å². The van der Waals surface area contributed by atoms with Crippen molar-refractivity contribution in [2.45, 2.75) is 46.0 Å². The second-order valence-electron chi connectivity index (χ2n) is 11.8. The highest BCUT2D eigenvalue weighted by molar-refractivity contribution is 5.93. The molecule has 0 radical (unpaired) electrons. The number of pyridine rings is 1. The summed E-state index contributed by atoms with van der Waals surface area (Å²) in [5.74, 6) is -0.787. The van der Waals surface area contributed by atoms with Crippen LogP contribution in [0, 0.1) is 25.2 Å². The van der Waals surface area contributed by atoms with E-state index in [0.29, 0.717) is 36.2 Å². The highest BCUT2D eigenvalue weighted by Gasteiger charge is 2.41. The number of nitrogens with one attached hydrogen (secondary N) is 2. The van der Waals surface area contributed by atoms with Gasteiger partial charge in [-0.15, -0.1) is 5.10 Å². The lowest BCUT2D eigenvalue weighted by atomic mass is 9.89. The van der Waals surface area contributed by atoms with E-state index in [4.69, 9.17) is 9.72 Å². The number of fused-ring (bicyclic) bond motifs is 2. The molecule has 5 aromatic rings. The first-order chi connectivity index (χ1) is 23.4. The van der Waals surface area contributed by atoms with E-state index >= 15 is 0 Å². The van der Waals surface area contributed by atoms with Gasteiger partial charge in [-0.2, -0.15) is 18.4 Å². The Morgan fingerprint density at radius 2 is 1.84 bits per heavy atom. The van der Waals surface area contributed by atoms with Crippen LogP contribution in [-0.2, 0) is 28.7 Å². The summed E-state index contributed by atoms with van der Waals surface area (Å²) in [4.78, 5) is 32.9. The molecular formula is C36H32F3N7O3. The van der Waals surface area contributed by atoms with E-state index in [0.717, 1.165) is 39.9 Å². The molecule has 0 saturated carbocycles. The fourth-order valence-electron chi connectivity index (χ4n) is 6.29. The van der Waals surface area contributed by atoms with Crippen LogP contribution in [0.4, 0.5) is 24.8 Å². The average Bonchev–Trinajstić information content (AvgIpc) is 3.46. The maximum absolute atomic E-state index is 13.7. The van der Waals surface area contributed by atoms with Crippen LogP contribution in [-0.4, -0.2) is 39.4 Å². The van der Waals surface area contributed by atoms with Crippen molar-refractivity contribution in [1.29, 1.82) is 5.26 Å². The number of H-pyrrole nitrogens is 1. The fourth-order valence-corrected chi connectivity index (χ4v) is 6.29. The summed E-state index contributed by atoms with van der Waals surface area (Å²) in [6.45, 7) is 6.58. The molecule has 13 heteroatoms. The number of carbonyl (C=O) groups excluding carboxylic acids is 1. The van der Waals surface area contributed by atoms with Crippen molar-refractivity contribution in [1.82, 2.24) is 25.1 Å². The second kappa shape index (κ2) is 13.0. The van der Waals surface area contributed by atoms with Crippen LogP contribution in [0.1, 0.15) is 52.0 Å². The lowest BCUT2D eigenvalue weighted by Crippen LogP contribution is -2.38. The third-order valence-electron chi connectivity index (χ3n) is 8.83. The van der Waals surface area contributed by atoms with E-state index in [1.54, 1.807) is 25.1 Å². The molecule has 0 spiro atoms. The van der Waals surface area contributed by atoms with Gasteiger partial charge in [0.15, 0.2) is 0 Å². The second-order valence-corrected chi connectivity index (χ2v) is 11.8. The molecule has 0 fully saturated rings. The van der Waals surface area contributed by atoms with E-state index in [9.17, 15) is 28.0 Å². The summed E-state index contributed by atoms with van der Waals surface area (Å²) in [5.41, 5.74) is 4.35. The number of rotatable bonds is 8. The van der Waals surface area contributed by atoms with E-state index in [1.165, 1.54) is 28.7 Å². The van der Waals surface area contributed by atoms with Crippen molar-refractivity contribution < 1.29 is 22.7 Å². The number of hydrogen-bond acceptors (Lipinski definition) is 8.